The van der Waals surface area contributed by atoms with E-state index in [2.05, 4.69) is 57.2 Å². The quantitative estimate of drug-likeness (QED) is 0.358. The van der Waals surface area contributed by atoms with Crippen molar-refractivity contribution < 1.29 is 4.74 Å². The van der Waals surface area contributed by atoms with E-state index in [1.54, 1.807) is 11.8 Å². The average molecular weight is 348 g/mol. The van der Waals surface area contributed by atoms with Gasteiger partial charge in [-0.1, -0.05) is 54.4 Å². The van der Waals surface area contributed by atoms with E-state index >= 15 is 0 Å². The molecular weight excluding hydrogens is 328 g/mol. The van der Waals surface area contributed by atoms with Crippen molar-refractivity contribution in [3.8, 4) is 23.0 Å². The minimum atomic E-state index is 0.692. The third-order valence-corrected chi connectivity index (χ3v) is 5.21. The van der Waals surface area contributed by atoms with E-state index in [-0.39, 0.29) is 0 Å². The van der Waals surface area contributed by atoms with Crippen molar-refractivity contribution in [3.63, 3.8) is 0 Å². The molecule has 0 spiro atoms. The minimum absolute atomic E-state index is 0.692. The first kappa shape index (κ1) is 16.2. The number of hydrogen-bond donors (Lipinski definition) is 0. The van der Waals surface area contributed by atoms with Crippen molar-refractivity contribution in [1.29, 1.82) is 0 Å². The Kier molecular flexibility index (Phi) is 4.22. The molecule has 0 radical (unpaired) electrons. The van der Waals surface area contributed by atoms with Crippen LogP contribution in [0.4, 0.5) is 0 Å². The van der Waals surface area contributed by atoms with Crippen LogP contribution in [-0.4, -0.2) is 15.7 Å². The first-order valence-electron chi connectivity index (χ1n) is 8.52. The van der Waals surface area contributed by atoms with E-state index in [4.69, 9.17) is 14.7 Å². The second-order valence-electron chi connectivity index (χ2n) is 6.33. The molecule has 0 saturated heterocycles. The fraction of sp³-hybridized carbons (Fsp3) is 0.238. The number of hydrogen-bond acceptors (Lipinski definition) is 4. The van der Waals surface area contributed by atoms with Crippen LogP contribution in [0.2, 0.25) is 0 Å². The number of fused-ring (bicyclic) bond motifs is 2. The molecule has 0 amide bonds. The van der Waals surface area contributed by atoms with Gasteiger partial charge in [0.1, 0.15) is 10.8 Å². The molecule has 3 nitrogen and oxygen atoms in total. The Morgan fingerprint density at radius 2 is 1.76 bits per heavy atom. The summed E-state index contributed by atoms with van der Waals surface area (Å²) in [6.07, 6.45) is 0.822. The zero-order valence-electron chi connectivity index (χ0n) is 14.7. The largest absolute Gasteiger partial charge is 0.438 e. The highest BCUT2D eigenvalue weighted by Crippen LogP contribution is 2.40. The molecule has 4 heteroatoms. The number of benzene rings is 2. The number of aryl methyl sites for hydroxylation is 2. The molecule has 1 aromatic heterocycles. The van der Waals surface area contributed by atoms with Crippen molar-refractivity contribution in [2.45, 2.75) is 32.2 Å². The Morgan fingerprint density at radius 3 is 2.52 bits per heavy atom. The number of nitrogens with zero attached hydrogens (tertiary/aromatic N) is 2. The fourth-order valence-electron chi connectivity index (χ4n) is 3.01. The van der Waals surface area contributed by atoms with Crippen LogP contribution in [0.15, 0.2) is 47.5 Å². The van der Waals surface area contributed by atoms with Crippen LogP contribution < -0.4 is 4.74 Å². The smallest absolute Gasteiger partial charge is 0.227 e. The SMILES string of the molecule is CCSc1nc(-c2ccc(C)cc2)nc2c1Cc1cc(C)ccc1O2. The van der Waals surface area contributed by atoms with Gasteiger partial charge >= 0.3 is 0 Å². The summed E-state index contributed by atoms with van der Waals surface area (Å²) in [5.41, 5.74) is 5.79. The molecule has 0 N–H and O–H groups in total. The van der Waals surface area contributed by atoms with Crippen molar-refractivity contribution in [2.75, 3.05) is 5.75 Å². The molecule has 3 aromatic rings. The van der Waals surface area contributed by atoms with Crippen LogP contribution in [0.5, 0.6) is 11.6 Å². The lowest BCUT2D eigenvalue weighted by Gasteiger charge is -2.22. The van der Waals surface area contributed by atoms with E-state index in [0.717, 1.165) is 39.9 Å². The molecule has 2 aromatic carbocycles. The molecule has 0 unspecified atom stereocenters. The first-order valence-corrected chi connectivity index (χ1v) is 9.50. The second kappa shape index (κ2) is 6.52. The summed E-state index contributed by atoms with van der Waals surface area (Å²) >= 11 is 1.75. The number of ether oxygens (including phenoxy) is 1. The van der Waals surface area contributed by atoms with Gasteiger partial charge in [0.15, 0.2) is 5.82 Å². The number of rotatable bonds is 3. The third kappa shape index (κ3) is 3.14. The Labute approximate surface area is 152 Å². The Morgan fingerprint density at radius 1 is 1.00 bits per heavy atom. The van der Waals surface area contributed by atoms with Gasteiger partial charge < -0.3 is 4.74 Å². The maximum atomic E-state index is 6.14. The molecule has 0 aliphatic carbocycles. The summed E-state index contributed by atoms with van der Waals surface area (Å²) in [6.45, 7) is 6.33. The predicted octanol–water partition coefficient (Wildman–Crippen LogP) is 5.57. The molecular formula is C21H20N2OS. The van der Waals surface area contributed by atoms with Gasteiger partial charge in [-0.25, -0.2) is 4.98 Å². The van der Waals surface area contributed by atoms with Crippen LogP contribution in [-0.2, 0) is 6.42 Å². The van der Waals surface area contributed by atoms with Gasteiger partial charge in [-0.3, -0.25) is 0 Å². The summed E-state index contributed by atoms with van der Waals surface area (Å²) in [6, 6.07) is 14.6. The van der Waals surface area contributed by atoms with Crippen molar-refractivity contribution >= 4 is 11.8 Å². The molecule has 1 aliphatic heterocycles. The highest BCUT2D eigenvalue weighted by Gasteiger charge is 2.24. The molecule has 2 heterocycles. The van der Waals surface area contributed by atoms with Gasteiger partial charge in [-0.15, -0.1) is 11.8 Å². The summed E-state index contributed by atoms with van der Waals surface area (Å²) in [5.74, 6) is 3.29. The van der Waals surface area contributed by atoms with Gasteiger partial charge in [0.25, 0.3) is 0 Å². The van der Waals surface area contributed by atoms with E-state index in [1.807, 2.05) is 6.07 Å². The molecule has 0 atom stereocenters. The van der Waals surface area contributed by atoms with E-state index < -0.39 is 0 Å². The summed E-state index contributed by atoms with van der Waals surface area (Å²) in [4.78, 5) is 9.57. The van der Waals surface area contributed by atoms with Gasteiger partial charge in [0.2, 0.25) is 5.88 Å². The van der Waals surface area contributed by atoms with Gasteiger partial charge in [-0.2, -0.15) is 4.98 Å². The van der Waals surface area contributed by atoms with Crippen LogP contribution in [0.3, 0.4) is 0 Å². The first-order chi connectivity index (χ1) is 12.1. The fourth-order valence-corrected chi connectivity index (χ4v) is 3.77. The Bertz CT molecular complexity index is 935. The van der Waals surface area contributed by atoms with Crippen LogP contribution in [0, 0.1) is 13.8 Å². The minimum Gasteiger partial charge on any atom is -0.438 e. The third-order valence-electron chi connectivity index (χ3n) is 4.31. The summed E-state index contributed by atoms with van der Waals surface area (Å²) in [5, 5.41) is 1.02. The number of thioether (sulfide) groups is 1. The van der Waals surface area contributed by atoms with Crippen LogP contribution in [0.25, 0.3) is 11.4 Å². The predicted molar refractivity (Wildman–Crippen MR) is 103 cm³/mol. The van der Waals surface area contributed by atoms with Crippen LogP contribution >= 0.6 is 11.8 Å². The molecule has 0 fully saturated rings. The Hall–Kier alpha value is -2.33. The maximum Gasteiger partial charge on any atom is 0.227 e. The van der Waals surface area contributed by atoms with Crippen LogP contribution in [0.1, 0.15) is 29.2 Å². The van der Waals surface area contributed by atoms with Gasteiger partial charge in [0, 0.05) is 12.0 Å². The van der Waals surface area contributed by atoms with Gasteiger partial charge in [0.05, 0.1) is 5.56 Å². The maximum absolute atomic E-state index is 6.14. The monoisotopic (exact) mass is 348 g/mol. The lowest BCUT2D eigenvalue weighted by molar-refractivity contribution is 0.435. The Balaban J connectivity index is 1.82. The van der Waals surface area contributed by atoms with Crippen molar-refractivity contribution in [2.24, 2.45) is 0 Å². The van der Waals surface area contributed by atoms with E-state index in [9.17, 15) is 0 Å². The molecule has 25 heavy (non-hydrogen) atoms. The van der Waals surface area contributed by atoms with Crippen molar-refractivity contribution in [3.05, 3.63) is 64.7 Å². The van der Waals surface area contributed by atoms with Crippen molar-refractivity contribution in [1.82, 2.24) is 9.97 Å². The second-order valence-corrected chi connectivity index (χ2v) is 7.58. The van der Waals surface area contributed by atoms with Gasteiger partial charge in [-0.05, 0) is 31.2 Å². The standard InChI is InChI=1S/C21H20N2OS/c1-4-25-21-17-12-16-11-14(3)7-10-18(16)24-20(17)22-19(23-21)15-8-5-13(2)6-9-15/h5-11H,4,12H2,1-3H3. The zero-order valence-corrected chi connectivity index (χ0v) is 15.5. The molecule has 0 saturated carbocycles. The number of aromatic nitrogens is 2. The molecule has 126 valence electrons. The molecule has 0 bridgehead atoms. The summed E-state index contributed by atoms with van der Waals surface area (Å²) < 4.78 is 6.14. The lowest BCUT2D eigenvalue weighted by atomic mass is 10.0. The topological polar surface area (TPSA) is 35.0 Å². The molecule has 4 rings (SSSR count). The van der Waals surface area contributed by atoms with E-state index in [0.29, 0.717) is 5.88 Å². The molecule has 1 aliphatic rings. The average Bonchev–Trinajstić information content (AvgIpc) is 2.61. The highest BCUT2D eigenvalue weighted by molar-refractivity contribution is 7.99. The zero-order chi connectivity index (χ0) is 17.4. The summed E-state index contributed by atoms with van der Waals surface area (Å²) in [7, 11) is 0. The highest BCUT2D eigenvalue weighted by atomic mass is 32.2. The van der Waals surface area contributed by atoms with E-state index in [1.165, 1.54) is 16.7 Å². The normalized spacial score (nSPS) is 12.3. The lowest BCUT2D eigenvalue weighted by Crippen LogP contribution is -2.09.